The van der Waals surface area contributed by atoms with E-state index in [1.807, 2.05) is 11.3 Å². The van der Waals surface area contributed by atoms with Gasteiger partial charge in [0.1, 0.15) is 5.01 Å². The Labute approximate surface area is 143 Å². The molecule has 3 rings (SSSR count). The SMILES string of the molecule is CCN(Cc1nc2cc(C3=NC[C@@H](C)CC3)ccc2s1)C(C)C. The van der Waals surface area contributed by atoms with Crippen LogP contribution < -0.4 is 0 Å². The van der Waals surface area contributed by atoms with Gasteiger partial charge in [-0.05, 0) is 56.8 Å². The van der Waals surface area contributed by atoms with E-state index in [0.29, 0.717) is 6.04 Å². The number of benzene rings is 1. The topological polar surface area (TPSA) is 28.5 Å². The lowest BCUT2D eigenvalue weighted by atomic mass is 9.96. The van der Waals surface area contributed by atoms with Gasteiger partial charge in [0, 0.05) is 18.3 Å². The van der Waals surface area contributed by atoms with Gasteiger partial charge in [-0.15, -0.1) is 11.3 Å². The van der Waals surface area contributed by atoms with Crippen molar-refractivity contribution in [2.24, 2.45) is 10.9 Å². The summed E-state index contributed by atoms with van der Waals surface area (Å²) in [6.45, 7) is 12.0. The van der Waals surface area contributed by atoms with Crippen molar-refractivity contribution in [3.8, 4) is 0 Å². The molecule has 0 spiro atoms. The number of hydrogen-bond donors (Lipinski definition) is 0. The highest BCUT2D eigenvalue weighted by molar-refractivity contribution is 7.18. The molecule has 1 aromatic heterocycles. The number of hydrogen-bond acceptors (Lipinski definition) is 4. The Morgan fingerprint density at radius 1 is 1.35 bits per heavy atom. The molecule has 0 aliphatic carbocycles. The average Bonchev–Trinajstić information content (AvgIpc) is 2.94. The fourth-order valence-electron chi connectivity index (χ4n) is 3.11. The van der Waals surface area contributed by atoms with Crippen LogP contribution in [0.15, 0.2) is 23.2 Å². The zero-order valence-corrected chi connectivity index (χ0v) is 15.5. The van der Waals surface area contributed by atoms with Crippen LogP contribution in [0.4, 0.5) is 0 Å². The van der Waals surface area contributed by atoms with Gasteiger partial charge in [-0.2, -0.15) is 0 Å². The fourth-order valence-corrected chi connectivity index (χ4v) is 4.08. The maximum absolute atomic E-state index is 4.88. The molecule has 0 saturated carbocycles. The van der Waals surface area contributed by atoms with E-state index in [9.17, 15) is 0 Å². The number of rotatable bonds is 5. The van der Waals surface area contributed by atoms with E-state index in [-0.39, 0.29) is 0 Å². The van der Waals surface area contributed by atoms with Crippen LogP contribution >= 0.6 is 11.3 Å². The lowest BCUT2D eigenvalue weighted by Crippen LogP contribution is -2.29. The Hall–Kier alpha value is -1.26. The number of aliphatic imine (C=N–C) groups is 1. The molecule has 1 atom stereocenters. The fraction of sp³-hybridized carbons (Fsp3) is 0.579. The highest BCUT2D eigenvalue weighted by Crippen LogP contribution is 2.26. The molecule has 0 radical (unpaired) electrons. The normalized spacial score (nSPS) is 18.9. The molecule has 1 aliphatic rings. The van der Waals surface area contributed by atoms with Crippen molar-refractivity contribution >= 4 is 27.3 Å². The third-order valence-electron chi connectivity index (χ3n) is 4.71. The molecular formula is C19H27N3S. The van der Waals surface area contributed by atoms with Gasteiger partial charge in [0.2, 0.25) is 0 Å². The van der Waals surface area contributed by atoms with E-state index in [1.54, 1.807) is 0 Å². The molecule has 3 nitrogen and oxygen atoms in total. The lowest BCUT2D eigenvalue weighted by Gasteiger charge is -2.23. The lowest BCUT2D eigenvalue weighted by molar-refractivity contribution is 0.225. The first-order valence-corrected chi connectivity index (χ1v) is 9.55. The Morgan fingerprint density at radius 2 is 2.17 bits per heavy atom. The Morgan fingerprint density at radius 3 is 2.83 bits per heavy atom. The Kier molecular flexibility index (Phi) is 5.12. The summed E-state index contributed by atoms with van der Waals surface area (Å²) in [7, 11) is 0. The molecule has 2 heterocycles. The van der Waals surface area contributed by atoms with Crippen LogP contribution in [0.25, 0.3) is 10.2 Å². The number of aromatic nitrogens is 1. The van der Waals surface area contributed by atoms with E-state index in [2.05, 4.69) is 50.8 Å². The van der Waals surface area contributed by atoms with Crippen LogP contribution in [-0.4, -0.2) is 34.7 Å². The second-order valence-corrected chi connectivity index (χ2v) is 7.99. The van der Waals surface area contributed by atoms with Crippen LogP contribution in [0.3, 0.4) is 0 Å². The van der Waals surface area contributed by atoms with Gasteiger partial charge < -0.3 is 0 Å². The molecule has 0 N–H and O–H groups in total. The summed E-state index contributed by atoms with van der Waals surface area (Å²) >= 11 is 1.82. The van der Waals surface area contributed by atoms with Gasteiger partial charge in [-0.25, -0.2) is 4.98 Å². The summed E-state index contributed by atoms with van der Waals surface area (Å²) in [4.78, 5) is 12.1. The van der Waals surface area contributed by atoms with E-state index in [4.69, 9.17) is 9.98 Å². The van der Waals surface area contributed by atoms with Crippen molar-refractivity contribution < 1.29 is 0 Å². The van der Waals surface area contributed by atoms with Crippen LogP contribution in [0, 0.1) is 5.92 Å². The Bertz CT molecular complexity index is 702. The molecule has 4 heteroatoms. The van der Waals surface area contributed by atoms with Crippen LogP contribution in [-0.2, 0) is 6.54 Å². The molecule has 0 unspecified atom stereocenters. The van der Waals surface area contributed by atoms with Gasteiger partial charge in [0.05, 0.1) is 16.8 Å². The predicted octanol–water partition coefficient (Wildman–Crippen LogP) is 4.75. The van der Waals surface area contributed by atoms with Crippen molar-refractivity contribution in [3.63, 3.8) is 0 Å². The zero-order valence-electron chi connectivity index (χ0n) is 14.7. The standard InChI is InChI=1S/C19H27N3S/c1-5-22(13(2)3)12-19-21-17-10-15(7-9-18(17)23-19)16-8-6-14(4)11-20-16/h7,9-10,13-14H,5-6,8,11-12H2,1-4H3/t14-/m0/s1. The third-order valence-corrected chi connectivity index (χ3v) is 5.73. The van der Waals surface area contributed by atoms with Crippen molar-refractivity contribution in [2.45, 2.75) is 53.1 Å². The highest BCUT2D eigenvalue weighted by atomic mass is 32.1. The second-order valence-electron chi connectivity index (χ2n) is 6.88. The molecule has 23 heavy (non-hydrogen) atoms. The monoisotopic (exact) mass is 329 g/mol. The quantitative estimate of drug-likeness (QED) is 0.792. The summed E-state index contributed by atoms with van der Waals surface area (Å²) in [6.07, 6.45) is 2.35. The van der Waals surface area contributed by atoms with Crippen molar-refractivity contribution in [1.29, 1.82) is 0 Å². The first-order chi connectivity index (χ1) is 11.1. The highest BCUT2D eigenvalue weighted by Gasteiger charge is 2.15. The summed E-state index contributed by atoms with van der Waals surface area (Å²) in [5.74, 6) is 0.726. The molecular weight excluding hydrogens is 302 g/mol. The molecule has 0 bridgehead atoms. The van der Waals surface area contributed by atoms with Crippen molar-refractivity contribution in [2.75, 3.05) is 13.1 Å². The zero-order chi connectivity index (χ0) is 16.4. The molecule has 0 saturated heterocycles. The summed E-state index contributed by atoms with van der Waals surface area (Å²) < 4.78 is 1.29. The van der Waals surface area contributed by atoms with Gasteiger partial charge in [-0.1, -0.05) is 19.9 Å². The summed E-state index contributed by atoms with van der Waals surface area (Å²) in [5.41, 5.74) is 3.65. The van der Waals surface area contributed by atoms with Crippen LogP contribution in [0.1, 0.15) is 51.1 Å². The molecule has 0 amide bonds. The molecule has 124 valence electrons. The van der Waals surface area contributed by atoms with E-state index in [0.717, 1.165) is 37.5 Å². The summed E-state index contributed by atoms with van der Waals surface area (Å²) in [5, 5.41) is 1.21. The van der Waals surface area contributed by atoms with Gasteiger partial charge in [0.25, 0.3) is 0 Å². The van der Waals surface area contributed by atoms with Crippen molar-refractivity contribution in [3.05, 3.63) is 28.8 Å². The minimum absolute atomic E-state index is 0.557. The maximum Gasteiger partial charge on any atom is 0.108 e. The minimum atomic E-state index is 0.557. The van der Waals surface area contributed by atoms with Gasteiger partial charge >= 0.3 is 0 Å². The summed E-state index contributed by atoms with van der Waals surface area (Å²) in [6, 6.07) is 7.23. The molecule has 1 aromatic carbocycles. The maximum atomic E-state index is 4.88. The van der Waals surface area contributed by atoms with Gasteiger partial charge in [0.15, 0.2) is 0 Å². The van der Waals surface area contributed by atoms with Crippen molar-refractivity contribution in [1.82, 2.24) is 9.88 Å². The number of fused-ring (bicyclic) bond motifs is 1. The van der Waals surface area contributed by atoms with Crippen LogP contribution in [0.2, 0.25) is 0 Å². The average molecular weight is 330 g/mol. The van der Waals surface area contributed by atoms with E-state index >= 15 is 0 Å². The number of nitrogens with zero attached hydrogens (tertiary/aromatic N) is 3. The smallest absolute Gasteiger partial charge is 0.108 e. The van der Waals surface area contributed by atoms with E-state index < -0.39 is 0 Å². The number of thiazole rings is 1. The second kappa shape index (κ2) is 7.10. The molecule has 0 fully saturated rings. The first-order valence-electron chi connectivity index (χ1n) is 8.74. The van der Waals surface area contributed by atoms with E-state index in [1.165, 1.54) is 27.4 Å². The predicted molar refractivity (Wildman–Crippen MR) is 101 cm³/mol. The minimum Gasteiger partial charge on any atom is -0.295 e. The largest absolute Gasteiger partial charge is 0.295 e. The first kappa shape index (κ1) is 16.6. The third kappa shape index (κ3) is 3.81. The molecule has 1 aliphatic heterocycles. The van der Waals surface area contributed by atoms with Gasteiger partial charge in [-0.3, -0.25) is 9.89 Å². The Balaban J connectivity index is 1.83. The van der Waals surface area contributed by atoms with Crippen LogP contribution in [0.5, 0.6) is 0 Å². The molecule has 2 aromatic rings.